The van der Waals surface area contributed by atoms with Crippen LogP contribution in [0.25, 0.3) is 0 Å². The Morgan fingerprint density at radius 2 is 2.00 bits per heavy atom. The third kappa shape index (κ3) is 5.50. The average molecular weight is 337 g/mol. The van der Waals surface area contributed by atoms with Gasteiger partial charge in [-0.05, 0) is 37.5 Å². The fourth-order valence-corrected chi connectivity index (χ4v) is 2.61. The van der Waals surface area contributed by atoms with Crippen molar-refractivity contribution in [3.8, 4) is 0 Å². The van der Waals surface area contributed by atoms with E-state index in [2.05, 4.69) is 10.5 Å². The van der Waals surface area contributed by atoms with Crippen molar-refractivity contribution in [3.05, 3.63) is 47.3 Å². The van der Waals surface area contributed by atoms with Crippen molar-refractivity contribution in [1.82, 2.24) is 10.5 Å². The van der Waals surface area contributed by atoms with Crippen LogP contribution < -0.4 is 10.5 Å². The summed E-state index contributed by atoms with van der Waals surface area (Å²) < 4.78 is 27.2. The molecule has 124 valence electrons. The Bertz CT molecular complexity index is 766. The molecular formula is C15H19N3O4S. The van der Waals surface area contributed by atoms with Crippen LogP contribution in [0.5, 0.6) is 0 Å². The Morgan fingerprint density at radius 3 is 2.57 bits per heavy atom. The van der Waals surface area contributed by atoms with Gasteiger partial charge >= 0.3 is 0 Å². The Kier molecular flexibility index (Phi) is 5.51. The van der Waals surface area contributed by atoms with Gasteiger partial charge in [-0.2, -0.15) is 0 Å². The number of hydrogen-bond acceptors (Lipinski definition) is 5. The second kappa shape index (κ2) is 7.38. The molecule has 23 heavy (non-hydrogen) atoms. The van der Waals surface area contributed by atoms with E-state index in [4.69, 9.17) is 9.66 Å². The number of primary sulfonamides is 1. The molecule has 0 fully saturated rings. The molecule has 0 atom stereocenters. The molecule has 0 saturated carbocycles. The van der Waals surface area contributed by atoms with E-state index in [1.54, 1.807) is 25.1 Å². The van der Waals surface area contributed by atoms with Crippen LogP contribution in [0.15, 0.2) is 39.8 Å². The van der Waals surface area contributed by atoms with E-state index in [0.717, 1.165) is 18.4 Å². The van der Waals surface area contributed by atoms with Crippen molar-refractivity contribution in [1.29, 1.82) is 0 Å². The summed E-state index contributed by atoms with van der Waals surface area (Å²) in [7, 11) is -3.65. The fraction of sp³-hybridized carbons (Fsp3) is 0.333. The van der Waals surface area contributed by atoms with E-state index in [9.17, 15) is 13.2 Å². The molecule has 1 amide bonds. The second-order valence-corrected chi connectivity index (χ2v) is 6.81. The summed E-state index contributed by atoms with van der Waals surface area (Å²) in [6.45, 7) is 2.31. The largest absolute Gasteiger partial charge is 0.361 e. The molecule has 0 radical (unpaired) electrons. The number of benzene rings is 1. The van der Waals surface area contributed by atoms with Crippen LogP contribution in [0.4, 0.5) is 0 Å². The van der Waals surface area contributed by atoms with Crippen molar-refractivity contribution in [2.75, 3.05) is 6.54 Å². The van der Waals surface area contributed by atoms with E-state index in [0.29, 0.717) is 18.0 Å². The van der Waals surface area contributed by atoms with E-state index in [-0.39, 0.29) is 17.2 Å². The zero-order chi connectivity index (χ0) is 16.9. The molecule has 0 spiro atoms. The molecule has 0 aliphatic carbocycles. The topological polar surface area (TPSA) is 115 Å². The number of nitrogens with one attached hydrogen (secondary N) is 1. The minimum Gasteiger partial charge on any atom is -0.361 e. The number of sulfonamides is 1. The lowest BCUT2D eigenvalue weighted by Crippen LogP contribution is -2.26. The number of nitrogens with two attached hydrogens (primary N) is 1. The highest BCUT2D eigenvalue weighted by atomic mass is 32.2. The van der Waals surface area contributed by atoms with E-state index < -0.39 is 10.0 Å². The number of carbonyl (C=O) groups excluding carboxylic acids is 1. The molecule has 0 aliphatic heterocycles. The van der Waals surface area contributed by atoms with Gasteiger partial charge in [-0.15, -0.1) is 0 Å². The summed E-state index contributed by atoms with van der Waals surface area (Å²) >= 11 is 0. The van der Waals surface area contributed by atoms with Crippen molar-refractivity contribution in [3.63, 3.8) is 0 Å². The van der Waals surface area contributed by atoms with Crippen LogP contribution in [0.2, 0.25) is 0 Å². The first-order chi connectivity index (χ1) is 10.8. The van der Waals surface area contributed by atoms with E-state index in [1.165, 1.54) is 12.1 Å². The van der Waals surface area contributed by atoms with E-state index in [1.807, 2.05) is 0 Å². The minimum absolute atomic E-state index is 0.0949. The quantitative estimate of drug-likeness (QED) is 0.729. The molecule has 0 unspecified atom stereocenters. The van der Waals surface area contributed by atoms with Crippen molar-refractivity contribution in [2.45, 2.75) is 31.1 Å². The first kappa shape index (κ1) is 17.2. The van der Waals surface area contributed by atoms with Crippen LogP contribution in [-0.2, 0) is 27.7 Å². The summed E-state index contributed by atoms with van der Waals surface area (Å²) in [5.74, 6) is 0.568. The number of rotatable bonds is 7. The first-order valence-electron chi connectivity index (χ1n) is 7.15. The van der Waals surface area contributed by atoms with Gasteiger partial charge in [-0.1, -0.05) is 17.3 Å². The Balaban J connectivity index is 1.72. The summed E-state index contributed by atoms with van der Waals surface area (Å²) in [5, 5.41) is 11.6. The molecule has 0 aliphatic rings. The minimum atomic E-state index is -3.65. The van der Waals surface area contributed by atoms with Gasteiger partial charge in [0.2, 0.25) is 15.9 Å². The van der Waals surface area contributed by atoms with E-state index >= 15 is 0 Å². The highest BCUT2D eigenvalue weighted by Crippen LogP contribution is 2.10. The number of nitrogens with zero attached hydrogens (tertiary/aromatic N) is 1. The normalized spacial score (nSPS) is 11.4. The molecule has 2 rings (SSSR count). The Morgan fingerprint density at radius 1 is 1.30 bits per heavy atom. The lowest BCUT2D eigenvalue weighted by molar-refractivity contribution is -0.120. The van der Waals surface area contributed by atoms with Gasteiger partial charge < -0.3 is 9.84 Å². The van der Waals surface area contributed by atoms with Crippen LogP contribution >= 0.6 is 0 Å². The maximum atomic E-state index is 11.7. The first-order valence-corrected chi connectivity index (χ1v) is 8.70. The van der Waals surface area contributed by atoms with Gasteiger partial charge in [0.1, 0.15) is 5.76 Å². The molecule has 7 nitrogen and oxygen atoms in total. The number of amides is 1. The number of hydrogen-bond donors (Lipinski definition) is 2. The lowest BCUT2D eigenvalue weighted by Gasteiger charge is -2.05. The standard InChI is InChI=1S/C15H19N3O4S/c1-11-9-13(18-22-11)10-15(19)17-8-2-3-12-4-6-14(7-5-12)23(16,20)21/h4-7,9H,2-3,8,10H2,1H3,(H,17,19)(H2,16,20,21). The summed E-state index contributed by atoms with van der Waals surface area (Å²) in [6, 6.07) is 8.14. The van der Waals surface area contributed by atoms with Crippen LogP contribution in [-0.4, -0.2) is 26.0 Å². The predicted molar refractivity (Wildman–Crippen MR) is 84.1 cm³/mol. The summed E-state index contributed by atoms with van der Waals surface area (Å²) in [6.07, 6.45) is 1.67. The molecule has 0 saturated heterocycles. The predicted octanol–water partition coefficient (Wildman–Crippen LogP) is 0.922. The van der Waals surface area contributed by atoms with Crippen LogP contribution in [0.3, 0.4) is 0 Å². The Labute approximate surface area is 134 Å². The maximum absolute atomic E-state index is 11.7. The third-order valence-corrected chi connectivity index (χ3v) is 4.16. The summed E-state index contributed by atoms with van der Waals surface area (Å²) in [5.41, 5.74) is 1.59. The third-order valence-electron chi connectivity index (χ3n) is 3.23. The lowest BCUT2D eigenvalue weighted by atomic mass is 10.1. The molecule has 0 bridgehead atoms. The second-order valence-electron chi connectivity index (χ2n) is 5.25. The SMILES string of the molecule is Cc1cc(CC(=O)NCCCc2ccc(S(N)(=O)=O)cc2)no1. The average Bonchev–Trinajstić information content (AvgIpc) is 2.88. The highest BCUT2D eigenvalue weighted by molar-refractivity contribution is 7.89. The van der Waals surface area contributed by atoms with Gasteiger partial charge in [-0.3, -0.25) is 4.79 Å². The molecule has 1 aromatic heterocycles. The van der Waals surface area contributed by atoms with Crippen molar-refractivity contribution in [2.24, 2.45) is 5.14 Å². The van der Waals surface area contributed by atoms with Gasteiger partial charge in [-0.25, -0.2) is 13.6 Å². The monoisotopic (exact) mass is 337 g/mol. The van der Waals surface area contributed by atoms with Crippen molar-refractivity contribution < 1.29 is 17.7 Å². The zero-order valence-electron chi connectivity index (χ0n) is 12.8. The molecule has 1 heterocycles. The molecule has 3 N–H and O–H groups in total. The van der Waals surface area contributed by atoms with Gasteiger partial charge in [0.25, 0.3) is 0 Å². The van der Waals surface area contributed by atoms with Gasteiger partial charge in [0, 0.05) is 12.6 Å². The van der Waals surface area contributed by atoms with Crippen molar-refractivity contribution >= 4 is 15.9 Å². The number of aromatic nitrogens is 1. The smallest absolute Gasteiger partial charge is 0.238 e. The van der Waals surface area contributed by atoms with Crippen LogP contribution in [0.1, 0.15) is 23.4 Å². The highest BCUT2D eigenvalue weighted by Gasteiger charge is 2.08. The Hall–Kier alpha value is -2.19. The maximum Gasteiger partial charge on any atom is 0.238 e. The summed E-state index contributed by atoms with van der Waals surface area (Å²) in [4.78, 5) is 11.8. The number of carbonyl (C=O) groups is 1. The molecular weight excluding hydrogens is 318 g/mol. The fourth-order valence-electron chi connectivity index (χ4n) is 2.09. The van der Waals surface area contributed by atoms with Gasteiger partial charge in [0.15, 0.2) is 0 Å². The molecule has 8 heteroatoms. The molecule has 2 aromatic rings. The van der Waals surface area contributed by atoms with Gasteiger partial charge in [0.05, 0.1) is 17.0 Å². The zero-order valence-corrected chi connectivity index (χ0v) is 13.6. The number of aryl methyl sites for hydroxylation is 2. The van der Waals surface area contributed by atoms with Crippen LogP contribution in [0, 0.1) is 6.92 Å². The molecule has 1 aromatic carbocycles.